The summed E-state index contributed by atoms with van der Waals surface area (Å²) in [6.07, 6.45) is 2.43. The predicted molar refractivity (Wildman–Crippen MR) is 203 cm³/mol. The number of nitrogens with zero attached hydrogens (tertiary/aromatic N) is 2. The lowest BCUT2D eigenvalue weighted by Crippen LogP contribution is -2.34. The molecule has 3 N–H and O–H groups in total. The van der Waals surface area contributed by atoms with Gasteiger partial charge >= 0.3 is 30.2 Å². The average molecular weight is 769 g/mol. The third kappa shape index (κ3) is 12.3. The zero-order valence-corrected chi connectivity index (χ0v) is 32.5. The van der Waals surface area contributed by atoms with Crippen LogP contribution in [-0.2, 0) is 42.7 Å². The van der Waals surface area contributed by atoms with E-state index in [1.54, 1.807) is 51.4 Å². The molecule has 0 spiro atoms. The first-order valence-electron chi connectivity index (χ1n) is 17.7. The van der Waals surface area contributed by atoms with Crippen molar-refractivity contribution in [2.24, 2.45) is 5.73 Å². The maximum Gasteiger partial charge on any atom is 0.418 e. The molecular weight excluding hydrogens is 716 g/mol. The molecule has 0 aliphatic heterocycles. The number of methoxy groups -OCH3 is 4. The highest BCUT2D eigenvalue weighted by Crippen LogP contribution is 2.32. The summed E-state index contributed by atoms with van der Waals surface area (Å²) in [6, 6.07) is 14.6. The molecule has 0 saturated heterocycles. The third-order valence-corrected chi connectivity index (χ3v) is 8.23. The Bertz CT molecular complexity index is 1890. The van der Waals surface area contributed by atoms with Gasteiger partial charge in [-0.3, -0.25) is 18.7 Å². The monoisotopic (exact) mass is 768 g/mol. The summed E-state index contributed by atoms with van der Waals surface area (Å²) in [5.74, 6) is -1.97. The van der Waals surface area contributed by atoms with E-state index in [1.165, 1.54) is 37.6 Å². The SMILES string of the molecule is COC(=O)C(CCOCCN)c1cn(C(=O)OC)c2ccccc12.COC(=O)C(CCOCCNC(=O)OC(C)(C)C)c1cn(C(=O)OC)c2ccccc12. The van der Waals surface area contributed by atoms with E-state index in [0.717, 1.165) is 10.8 Å². The quantitative estimate of drug-likeness (QED) is 0.0896. The van der Waals surface area contributed by atoms with Crippen LogP contribution < -0.4 is 11.1 Å². The Labute approximate surface area is 320 Å². The number of carbonyl (C=O) groups is 5. The molecule has 1 amide bonds. The molecule has 2 aromatic carbocycles. The number of amides is 1. The fraction of sp³-hybridized carbons (Fsp3) is 0.462. The first kappa shape index (κ1) is 44.0. The second-order valence-electron chi connectivity index (χ2n) is 13.1. The number of hydrogen-bond donors (Lipinski definition) is 2. The van der Waals surface area contributed by atoms with Crippen molar-refractivity contribution in [2.45, 2.75) is 51.0 Å². The Hall–Kier alpha value is -5.45. The molecule has 2 heterocycles. The number of para-hydroxylation sites is 2. The van der Waals surface area contributed by atoms with Crippen molar-refractivity contribution in [1.82, 2.24) is 14.5 Å². The van der Waals surface area contributed by atoms with E-state index in [4.69, 9.17) is 38.9 Å². The van der Waals surface area contributed by atoms with Crippen molar-refractivity contribution in [3.63, 3.8) is 0 Å². The fourth-order valence-electron chi connectivity index (χ4n) is 5.78. The minimum atomic E-state index is -0.625. The Morgan fingerprint density at radius 2 is 1.09 bits per heavy atom. The van der Waals surface area contributed by atoms with Gasteiger partial charge in [0.15, 0.2) is 0 Å². The van der Waals surface area contributed by atoms with Crippen molar-refractivity contribution < 1.29 is 57.1 Å². The van der Waals surface area contributed by atoms with Gasteiger partial charge in [0.1, 0.15) is 5.60 Å². The number of fused-ring (bicyclic) bond motifs is 2. The Balaban J connectivity index is 0.000000305. The average Bonchev–Trinajstić information content (AvgIpc) is 3.75. The molecule has 16 nitrogen and oxygen atoms in total. The number of nitrogens with one attached hydrogen (secondary N) is 1. The van der Waals surface area contributed by atoms with Gasteiger partial charge in [-0.25, -0.2) is 14.4 Å². The van der Waals surface area contributed by atoms with Crippen LogP contribution in [0.3, 0.4) is 0 Å². The summed E-state index contributed by atoms with van der Waals surface area (Å²) in [5.41, 5.74) is 7.51. The first-order chi connectivity index (χ1) is 26.3. The Kier molecular flexibility index (Phi) is 17.1. The van der Waals surface area contributed by atoms with E-state index in [2.05, 4.69) is 5.32 Å². The topological polar surface area (TPSA) is 198 Å². The lowest BCUT2D eigenvalue weighted by atomic mass is 9.95. The van der Waals surface area contributed by atoms with Crippen LogP contribution in [0.15, 0.2) is 60.9 Å². The minimum Gasteiger partial charge on any atom is -0.469 e. The number of aromatic nitrogens is 2. The molecule has 2 aromatic heterocycles. The number of benzene rings is 2. The molecule has 55 heavy (non-hydrogen) atoms. The molecule has 0 radical (unpaired) electrons. The normalized spacial score (nSPS) is 12.2. The van der Waals surface area contributed by atoms with Crippen LogP contribution in [0.25, 0.3) is 21.8 Å². The van der Waals surface area contributed by atoms with E-state index in [0.29, 0.717) is 54.8 Å². The minimum absolute atomic E-state index is 0.257. The van der Waals surface area contributed by atoms with Gasteiger partial charge in [0.2, 0.25) is 0 Å². The van der Waals surface area contributed by atoms with Crippen LogP contribution in [0.1, 0.15) is 56.6 Å². The molecule has 4 rings (SSSR count). The van der Waals surface area contributed by atoms with Gasteiger partial charge in [-0.05, 0) is 56.9 Å². The Morgan fingerprint density at radius 1 is 0.655 bits per heavy atom. The lowest BCUT2D eigenvalue weighted by Gasteiger charge is -2.19. The molecule has 0 aliphatic rings. The molecule has 300 valence electrons. The van der Waals surface area contributed by atoms with Crippen molar-refractivity contribution >= 4 is 52.0 Å². The molecule has 2 unspecified atom stereocenters. The highest BCUT2D eigenvalue weighted by molar-refractivity contribution is 5.96. The Morgan fingerprint density at radius 3 is 1.49 bits per heavy atom. The fourth-order valence-corrected chi connectivity index (χ4v) is 5.78. The summed E-state index contributed by atoms with van der Waals surface area (Å²) in [5, 5.41) is 4.17. The summed E-state index contributed by atoms with van der Waals surface area (Å²) < 4.78 is 38.4. The number of alkyl carbamates (subject to hydrolysis) is 1. The summed E-state index contributed by atoms with van der Waals surface area (Å²) in [4.78, 5) is 60.5. The van der Waals surface area contributed by atoms with Gasteiger partial charge in [0, 0.05) is 49.5 Å². The first-order valence-corrected chi connectivity index (χ1v) is 17.7. The van der Waals surface area contributed by atoms with E-state index in [1.807, 2.05) is 30.3 Å². The maximum absolute atomic E-state index is 12.5. The van der Waals surface area contributed by atoms with Crippen molar-refractivity contribution in [3.8, 4) is 0 Å². The van der Waals surface area contributed by atoms with E-state index >= 15 is 0 Å². The molecule has 2 atom stereocenters. The largest absolute Gasteiger partial charge is 0.469 e. The van der Waals surface area contributed by atoms with E-state index in [9.17, 15) is 24.0 Å². The van der Waals surface area contributed by atoms with Crippen LogP contribution in [0.2, 0.25) is 0 Å². The third-order valence-electron chi connectivity index (χ3n) is 8.23. The predicted octanol–water partition coefficient (Wildman–Crippen LogP) is 5.32. The van der Waals surface area contributed by atoms with Crippen molar-refractivity contribution in [3.05, 3.63) is 72.1 Å². The van der Waals surface area contributed by atoms with Crippen molar-refractivity contribution in [1.29, 1.82) is 0 Å². The molecule has 0 aliphatic carbocycles. The maximum atomic E-state index is 12.5. The van der Waals surface area contributed by atoms with Gasteiger partial charge in [0.25, 0.3) is 0 Å². The van der Waals surface area contributed by atoms with Gasteiger partial charge in [0.05, 0.1) is 64.5 Å². The number of rotatable bonds is 15. The van der Waals surface area contributed by atoms with Crippen molar-refractivity contribution in [2.75, 3.05) is 68.0 Å². The van der Waals surface area contributed by atoms with Gasteiger partial charge in [-0.15, -0.1) is 0 Å². The van der Waals surface area contributed by atoms with Gasteiger partial charge in [-0.1, -0.05) is 36.4 Å². The number of ether oxygens (including phenoxy) is 7. The van der Waals surface area contributed by atoms with Crippen LogP contribution in [-0.4, -0.2) is 113 Å². The molecule has 0 bridgehead atoms. The highest BCUT2D eigenvalue weighted by atomic mass is 16.6. The molecular formula is C39H52N4O12. The van der Waals surface area contributed by atoms with Crippen LogP contribution in [0.4, 0.5) is 14.4 Å². The summed E-state index contributed by atoms with van der Waals surface area (Å²) >= 11 is 0. The zero-order valence-electron chi connectivity index (χ0n) is 32.5. The van der Waals surface area contributed by atoms with Crippen LogP contribution in [0, 0.1) is 0 Å². The molecule has 16 heteroatoms. The number of esters is 2. The lowest BCUT2D eigenvalue weighted by molar-refractivity contribution is -0.143. The summed E-state index contributed by atoms with van der Waals surface area (Å²) in [7, 11) is 5.28. The second-order valence-corrected chi connectivity index (χ2v) is 13.1. The number of nitrogens with two attached hydrogens (primary N) is 1. The molecule has 0 saturated carbocycles. The standard InChI is InChI=1S/C22H30N2O7.C17H22N2O5/c1-22(2,3)31-20(26)23-11-13-30-12-10-16(19(25)28-4)17-14-24(21(27)29-5)18-9-7-6-8-15(17)18;1-22-16(20)13(7-9-24-10-8-18)14-11-19(17(21)23-2)15-6-4-3-5-12(14)15/h6-9,14,16H,10-13H2,1-5H3,(H,23,26);3-6,11,13H,7-10,18H2,1-2H3. The van der Waals surface area contributed by atoms with Crippen LogP contribution >= 0.6 is 0 Å². The molecule has 4 aromatic rings. The van der Waals surface area contributed by atoms with E-state index < -0.39 is 41.7 Å². The smallest absolute Gasteiger partial charge is 0.418 e. The molecule has 0 fully saturated rings. The number of hydrogen-bond acceptors (Lipinski definition) is 13. The summed E-state index contributed by atoms with van der Waals surface area (Å²) in [6.45, 7) is 7.37. The van der Waals surface area contributed by atoms with Gasteiger partial charge < -0.3 is 44.2 Å². The number of carbonyl (C=O) groups excluding carboxylic acids is 5. The highest BCUT2D eigenvalue weighted by Gasteiger charge is 2.28. The zero-order chi connectivity index (χ0) is 40.5. The van der Waals surface area contributed by atoms with Crippen LogP contribution in [0.5, 0.6) is 0 Å². The van der Waals surface area contributed by atoms with Gasteiger partial charge in [-0.2, -0.15) is 0 Å². The van der Waals surface area contributed by atoms with E-state index in [-0.39, 0.29) is 25.7 Å². The second kappa shape index (κ2) is 21.4.